The third-order valence-electron chi connectivity index (χ3n) is 3.76. The van der Waals surface area contributed by atoms with Gasteiger partial charge in [-0.2, -0.15) is 0 Å². The highest BCUT2D eigenvalue weighted by Gasteiger charge is 2.38. The molecule has 5 nitrogen and oxygen atoms in total. The molecule has 0 aromatic carbocycles. The largest absolute Gasteiger partial charge is 0.393 e. The van der Waals surface area contributed by atoms with E-state index in [1.807, 2.05) is 6.92 Å². The van der Waals surface area contributed by atoms with Gasteiger partial charge in [0.05, 0.1) is 6.10 Å². The summed E-state index contributed by atoms with van der Waals surface area (Å²) in [5, 5.41) is 18.9. The number of carbonyl (C=O) groups excluding carboxylic acids is 1. The van der Waals surface area contributed by atoms with Gasteiger partial charge in [0.1, 0.15) is 0 Å². The van der Waals surface area contributed by atoms with Gasteiger partial charge < -0.3 is 21.1 Å². The van der Waals surface area contributed by atoms with E-state index in [1.165, 1.54) is 0 Å². The molecule has 20 heavy (non-hydrogen) atoms. The second-order valence-corrected chi connectivity index (χ2v) is 7.25. The van der Waals surface area contributed by atoms with Crippen LogP contribution in [0, 0.1) is 0 Å². The molecule has 0 radical (unpaired) electrons. The minimum absolute atomic E-state index is 0.0259. The maximum Gasteiger partial charge on any atom is 0.315 e. The standard InChI is InChI=1S/C15H31N3O2/c1-6-12(19)7-8-16-13(20)17-11-9-14(2,3)18-15(4,5)10-11/h11-12,18-19H,6-10H2,1-5H3,(H2,16,17,20). The van der Waals surface area contributed by atoms with Crippen molar-refractivity contribution in [3.63, 3.8) is 0 Å². The Bertz CT molecular complexity index is 313. The molecule has 0 saturated carbocycles. The smallest absolute Gasteiger partial charge is 0.315 e. The quantitative estimate of drug-likeness (QED) is 0.622. The van der Waals surface area contributed by atoms with Gasteiger partial charge in [-0.15, -0.1) is 0 Å². The molecule has 1 unspecified atom stereocenters. The van der Waals surface area contributed by atoms with Crippen LogP contribution in [0.25, 0.3) is 0 Å². The molecule has 2 amide bonds. The first-order chi connectivity index (χ1) is 9.13. The summed E-state index contributed by atoms with van der Waals surface area (Å²) >= 11 is 0. The number of nitrogens with one attached hydrogen (secondary N) is 3. The highest BCUT2D eigenvalue weighted by Crippen LogP contribution is 2.28. The van der Waals surface area contributed by atoms with Crippen molar-refractivity contribution in [2.45, 2.75) is 83.5 Å². The van der Waals surface area contributed by atoms with Crippen molar-refractivity contribution in [2.75, 3.05) is 6.54 Å². The van der Waals surface area contributed by atoms with Crippen LogP contribution in [-0.4, -0.2) is 40.9 Å². The minimum atomic E-state index is -0.327. The van der Waals surface area contributed by atoms with Crippen molar-refractivity contribution in [3.05, 3.63) is 0 Å². The number of urea groups is 1. The molecule has 1 atom stereocenters. The third-order valence-corrected chi connectivity index (χ3v) is 3.76. The minimum Gasteiger partial charge on any atom is -0.393 e. The summed E-state index contributed by atoms with van der Waals surface area (Å²) in [7, 11) is 0. The zero-order chi connectivity index (χ0) is 15.4. The van der Waals surface area contributed by atoms with Crippen LogP contribution in [0.2, 0.25) is 0 Å². The summed E-state index contributed by atoms with van der Waals surface area (Å²) < 4.78 is 0. The summed E-state index contributed by atoms with van der Waals surface area (Å²) in [6.07, 6.45) is 2.84. The van der Waals surface area contributed by atoms with Gasteiger partial charge >= 0.3 is 6.03 Å². The number of amides is 2. The zero-order valence-electron chi connectivity index (χ0n) is 13.5. The number of hydrogen-bond acceptors (Lipinski definition) is 3. The van der Waals surface area contributed by atoms with Crippen molar-refractivity contribution in [2.24, 2.45) is 0 Å². The average molecular weight is 285 g/mol. The average Bonchev–Trinajstić information content (AvgIpc) is 2.23. The molecular weight excluding hydrogens is 254 g/mol. The van der Waals surface area contributed by atoms with Gasteiger partial charge in [-0.05, 0) is 53.4 Å². The molecule has 1 heterocycles. The van der Waals surface area contributed by atoms with E-state index >= 15 is 0 Å². The molecule has 0 aliphatic carbocycles. The lowest BCUT2D eigenvalue weighted by Gasteiger charge is -2.46. The molecule has 1 rings (SSSR count). The number of rotatable bonds is 5. The van der Waals surface area contributed by atoms with Gasteiger partial charge in [0.2, 0.25) is 0 Å². The lowest BCUT2D eigenvalue weighted by molar-refractivity contribution is 0.146. The number of aliphatic hydroxyl groups excluding tert-OH is 1. The fourth-order valence-electron chi connectivity index (χ4n) is 3.22. The molecule has 1 aliphatic heterocycles. The van der Waals surface area contributed by atoms with Gasteiger partial charge in [0.25, 0.3) is 0 Å². The molecule has 1 saturated heterocycles. The van der Waals surface area contributed by atoms with Gasteiger partial charge in [-0.25, -0.2) is 4.79 Å². The number of piperidine rings is 1. The Balaban J connectivity index is 2.37. The van der Waals surface area contributed by atoms with Crippen LogP contribution in [0.15, 0.2) is 0 Å². The molecule has 4 N–H and O–H groups in total. The van der Waals surface area contributed by atoms with Crippen molar-refractivity contribution in [1.29, 1.82) is 0 Å². The molecule has 0 spiro atoms. The first-order valence-corrected chi connectivity index (χ1v) is 7.65. The Kier molecular flexibility index (Phi) is 5.83. The van der Waals surface area contributed by atoms with Crippen molar-refractivity contribution in [3.8, 4) is 0 Å². The predicted octanol–water partition coefficient (Wildman–Crippen LogP) is 1.76. The van der Waals surface area contributed by atoms with Gasteiger partial charge in [-0.3, -0.25) is 0 Å². The van der Waals surface area contributed by atoms with Crippen LogP contribution < -0.4 is 16.0 Å². The van der Waals surface area contributed by atoms with E-state index in [-0.39, 0.29) is 29.3 Å². The molecule has 0 aromatic rings. The van der Waals surface area contributed by atoms with E-state index in [2.05, 4.69) is 43.6 Å². The second kappa shape index (κ2) is 6.76. The fourth-order valence-corrected chi connectivity index (χ4v) is 3.22. The Hall–Kier alpha value is -0.810. The fraction of sp³-hybridized carbons (Fsp3) is 0.933. The molecule has 0 bridgehead atoms. The highest BCUT2D eigenvalue weighted by atomic mass is 16.3. The van der Waals surface area contributed by atoms with Crippen molar-refractivity contribution in [1.82, 2.24) is 16.0 Å². The third kappa shape index (κ3) is 6.09. The molecule has 1 fully saturated rings. The zero-order valence-corrected chi connectivity index (χ0v) is 13.5. The lowest BCUT2D eigenvalue weighted by atomic mass is 9.80. The Morgan fingerprint density at radius 1 is 1.30 bits per heavy atom. The summed E-state index contributed by atoms with van der Waals surface area (Å²) in [6.45, 7) is 11.1. The summed E-state index contributed by atoms with van der Waals surface area (Å²) in [5.74, 6) is 0. The van der Waals surface area contributed by atoms with Crippen LogP contribution >= 0.6 is 0 Å². The topological polar surface area (TPSA) is 73.4 Å². The number of hydrogen-bond donors (Lipinski definition) is 4. The van der Waals surface area contributed by atoms with E-state index in [4.69, 9.17) is 0 Å². The first-order valence-electron chi connectivity index (χ1n) is 7.65. The Morgan fingerprint density at radius 2 is 1.85 bits per heavy atom. The summed E-state index contributed by atoms with van der Waals surface area (Å²) in [5.41, 5.74) is 0.0518. The lowest BCUT2D eigenvalue weighted by Crippen LogP contribution is -2.62. The van der Waals surface area contributed by atoms with E-state index in [9.17, 15) is 9.90 Å². The van der Waals surface area contributed by atoms with Crippen LogP contribution in [0.1, 0.15) is 60.3 Å². The maximum atomic E-state index is 11.9. The predicted molar refractivity (Wildman–Crippen MR) is 81.8 cm³/mol. The summed E-state index contributed by atoms with van der Waals surface area (Å²) in [6, 6.07) is 0.0455. The number of aliphatic hydroxyl groups is 1. The highest BCUT2D eigenvalue weighted by molar-refractivity contribution is 5.74. The van der Waals surface area contributed by atoms with Gasteiger partial charge in [-0.1, -0.05) is 6.92 Å². The van der Waals surface area contributed by atoms with Crippen LogP contribution in [0.5, 0.6) is 0 Å². The monoisotopic (exact) mass is 285 g/mol. The van der Waals surface area contributed by atoms with Gasteiger partial charge in [0.15, 0.2) is 0 Å². The molecular formula is C15H31N3O2. The van der Waals surface area contributed by atoms with E-state index in [0.29, 0.717) is 13.0 Å². The molecule has 1 aliphatic rings. The van der Waals surface area contributed by atoms with Crippen molar-refractivity contribution < 1.29 is 9.90 Å². The molecule has 0 aromatic heterocycles. The Labute approximate surface area is 122 Å². The maximum absolute atomic E-state index is 11.9. The van der Waals surface area contributed by atoms with E-state index < -0.39 is 0 Å². The van der Waals surface area contributed by atoms with Crippen molar-refractivity contribution >= 4 is 6.03 Å². The summed E-state index contributed by atoms with van der Waals surface area (Å²) in [4.78, 5) is 11.9. The van der Waals surface area contributed by atoms with E-state index in [1.54, 1.807) is 0 Å². The van der Waals surface area contributed by atoms with Crippen LogP contribution in [-0.2, 0) is 0 Å². The normalized spacial score (nSPS) is 23.1. The number of carbonyl (C=O) groups is 1. The first kappa shape index (κ1) is 17.2. The van der Waals surface area contributed by atoms with Crippen LogP contribution in [0.3, 0.4) is 0 Å². The van der Waals surface area contributed by atoms with E-state index in [0.717, 1.165) is 19.3 Å². The second-order valence-electron chi connectivity index (χ2n) is 7.25. The van der Waals surface area contributed by atoms with Gasteiger partial charge in [0, 0.05) is 23.7 Å². The SMILES string of the molecule is CCC(O)CCNC(=O)NC1CC(C)(C)NC(C)(C)C1. The molecule has 118 valence electrons. The molecule has 5 heteroatoms. The Morgan fingerprint density at radius 3 is 2.35 bits per heavy atom. The van der Waals surface area contributed by atoms with Crippen LogP contribution in [0.4, 0.5) is 4.79 Å².